The lowest BCUT2D eigenvalue weighted by atomic mass is 9.74. The molecule has 3 N–H and O–H groups in total. The number of hydrogen-bond acceptors (Lipinski definition) is 13. The lowest BCUT2D eigenvalue weighted by Crippen LogP contribution is -2.57. The maximum atomic E-state index is 13.9. The summed E-state index contributed by atoms with van der Waals surface area (Å²) in [7, 11) is 4.45. The van der Waals surface area contributed by atoms with Gasteiger partial charge in [0.1, 0.15) is 23.6 Å². The van der Waals surface area contributed by atoms with Gasteiger partial charge in [0.15, 0.2) is 6.29 Å². The number of cyclic esters (lactones) is 1. The average molecular weight is 781 g/mol. The number of esters is 2. The van der Waals surface area contributed by atoms with Gasteiger partial charge in [-0.25, -0.2) is 4.39 Å². The minimum atomic E-state index is -1.91. The van der Waals surface area contributed by atoms with E-state index in [-0.39, 0.29) is 37.9 Å². The van der Waals surface area contributed by atoms with Crippen molar-refractivity contribution in [3.05, 3.63) is 41.2 Å². The van der Waals surface area contributed by atoms with E-state index < -0.39 is 83.3 Å². The zero-order valence-corrected chi connectivity index (χ0v) is 34.9. The highest BCUT2D eigenvalue weighted by Gasteiger charge is 2.49. The van der Waals surface area contributed by atoms with Crippen LogP contribution in [0.2, 0.25) is 0 Å². The molecular weight excluding hydrogens is 715 g/mol. The van der Waals surface area contributed by atoms with Crippen LogP contribution in [0.3, 0.4) is 0 Å². The molecule has 0 saturated carbocycles. The zero-order chi connectivity index (χ0) is 41.8. The molecule has 1 aliphatic heterocycles. The van der Waals surface area contributed by atoms with E-state index in [0.29, 0.717) is 17.2 Å². The number of allylic oxidation sites excluding steroid dienone is 1. The van der Waals surface area contributed by atoms with Crippen LogP contribution in [0.5, 0.6) is 5.75 Å². The highest BCUT2D eigenvalue weighted by atomic mass is 19.1. The first-order chi connectivity index (χ1) is 25.7. The highest BCUT2D eigenvalue weighted by Crippen LogP contribution is 2.39. The molecule has 0 bridgehead atoms. The molecule has 1 fully saturated rings. The van der Waals surface area contributed by atoms with Crippen LogP contribution in [0.25, 0.3) is 0 Å². The molecule has 1 aromatic carbocycles. The van der Waals surface area contributed by atoms with E-state index in [0.717, 1.165) is 5.56 Å². The van der Waals surface area contributed by atoms with Gasteiger partial charge in [-0.1, -0.05) is 27.7 Å². The fraction of sp³-hybridized carbons (Fsp3) is 0.707. The van der Waals surface area contributed by atoms with Crippen molar-refractivity contribution in [2.24, 2.45) is 33.9 Å². The molecule has 0 aliphatic carbocycles. The number of hydrogen-bond donors (Lipinski definition) is 3. The molecule has 13 nitrogen and oxygen atoms in total. The number of halogens is 1. The molecule has 55 heavy (non-hydrogen) atoms. The molecule has 1 heterocycles. The van der Waals surface area contributed by atoms with Gasteiger partial charge in [0.25, 0.3) is 0 Å². The van der Waals surface area contributed by atoms with Gasteiger partial charge < -0.3 is 43.7 Å². The van der Waals surface area contributed by atoms with E-state index in [4.69, 9.17) is 33.5 Å². The Morgan fingerprint density at radius 2 is 1.69 bits per heavy atom. The van der Waals surface area contributed by atoms with Gasteiger partial charge in [0.2, 0.25) is 0 Å². The number of nitrogens with zero attached hydrogens (tertiary/aromatic N) is 2. The Kier molecular flexibility index (Phi) is 18.6. The predicted molar refractivity (Wildman–Crippen MR) is 207 cm³/mol. The van der Waals surface area contributed by atoms with Crippen molar-refractivity contribution in [2.45, 2.75) is 137 Å². The first-order valence-electron chi connectivity index (χ1n) is 18.9. The highest BCUT2D eigenvalue weighted by molar-refractivity contribution is 5.99. The Bertz CT molecular complexity index is 1490. The van der Waals surface area contributed by atoms with Crippen LogP contribution in [-0.2, 0) is 33.3 Å². The van der Waals surface area contributed by atoms with Crippen LogP contribution >= 0.6 is 0 Å². The second-order valence-corrected chi connectivity index (χ2v) is 15.3. The topological polar surface area (TPSA) is 175 Å². The van der Waals surface area contributed by atoms with Crippen molar-refractivity contribution in [2.75, 3.05) is 27.9 Å². The number of aliphatic hydroxyl groups is 3. The van der Waals surface area contributed by atoms with Crippen LogP contribution < -0.4 is 4.74 Å². The maximum absolute atomic E-state index is 13.9. The first kappa shape index (κ1) is 47.9. The number of aliphatic hydroxyl groups excluding tert-OH is 2. The summed E-state index contributed by atoms with van der Waals surface area (Å²) in [5, 5.41) is 43.6. The van der Waals surface area contributed by atoms with Crippen molar-refractivity contribution >= 4 is 23.4 Å². The van der Waals surface area contributed by atoms with E-state index in [9.17, 15) is 29.3 Å². The molecular formula is C41H65FN2O11. The van der Waals surface area contributed by atoms with E-state index in [1.165, 1.54) is 41.9 Å². The summed E-state index contributed by atoms with van der Waals surface area (Å²) < 4.78 is 49.1. The van der Waals surface area contributed by atoms with Gasteiger partial charge >= 0.3 is 11.9 Å². The molecule has 2 rings (SSSR count). The largest absolute Gasteiger partial charge is 0.497 e. The van der Waals surface area contributed by atoms with Crippen LogP contribution in [0.15, 0.2) is 45.9 Å². The third-order valence-corrected chi connectivity index (χ3v) is 10.8. The summed E-state index contributed by atoms with van der Waals surface area (Å²) in [6.07, 6.45) is -5.68. The monoisotopic (exact) mass is 780 g/mol. The number of rotatable bonds is 13. The van der Waals surface area contributed by atoms with Gasteiger partial charge in [0, 0.05) is 31.8 Å². The molecule has 312 valence electrons. The van der Waals surface area contributed by atoms with Gasteiger partial charge in [-0.3, -0.25) is 9.59 Å². The summed E-state index contributed by atoms with van der Waals surface area (Å²) in [5.74, 6) is -4.06. The Morgan fingerprint density at radius 1 is 1.07 bits per heavy atom. The Balaban J connectivity index is 2.86. The van der Waals surface area contributed by atoms with Crippen LogP contribution in [0.1, 0.15) is 100 Å². The van der Waals surface area contributed by atoms with E-state index in [1.54, 1.807) is 53.9 Å². The third-order valence-electron chi connectivity index (χ3n) is 10.8. The molecule has 0 aromatic heterocycles. The molecule has 0 radical (unpaired) electrons. The lowest BCUT2D eigenvalue weighted by Gasteiger charge is -2.45. The molecule has 1 saturated heterocycles. The van der Waals surface area contributed by atoms with Gasteiger partial charge in [0.05, 0.1) is 55.4 Å². The average Bonchev–Trinajstić information content (AvgIpc) is 3.14. The maximum Gasteiger partial charge on any atom is 0.310 e. The van der Waals surface area contributed by atoms with Crippen LogP contribution in [0.4, 0.5) is 4.39 Å². The summed E-state index contributed by atoms with van der Waals surface area (Å²) in [6.45, 7) is 16.0. The lowest BCUT2D eigenvalue weighted by molar-refractivity contribution is -0.256. The van der Waals surface area contributed by atoms with Crippen LogP contribution in [0, 0.1) is 23.7 Å². The normalized spacial score (nSPS) is 32.5. The second-order valence-electron chi connectivity index (χ2n) is 15.3. The van der Waals surface area contributed by atoms with Crippen molar-refractivity contribution in [3.8, 4) is 5.75 Å². The minimum Gasteiger partial charge on any atom is -0.497 e. The predicted octanol–water partition coefficient (Wildman–Crippen LogP) is 5.95. The van der Waals surface area contributed by atoms with Gasteiger partial charge in [-0.2, -0.15) is 10.2 Å². The summed E-state index contributed by atoms with van der Waals surface area (Å²) in [4.78, 5) is 26.7. The summed E-state index contributed by atoms with van der Waals surface area (Å²) in [5.41, 5.74) is -1.16. The molecule has 0 amide bonds. The van der Waals surface area contributed by atoms with E-state index >= 15 is 0 Å². The number of carbonyl (C=O) groups is 2. The first-order valence-corrected chi connectivity index (χ1v) is 18.9. The zero-order valence-electron chi connectivity index (χ0n) is 34.9. The quantitative estimate of drug-likeness (QED) is 0.0934. The molecule has 1 aliphatic rings. The number of carbonyl (C=O) groups excluding carboxylic acids is 2. The molecule has 11 unspecified atom stereocenters. The van der Waals surface area contributed by atoms with Crippen molar-refractivity contribution < 1.29 is 57.7 Å². The van der Waals surface area contributed by atoms with Crippen molar-refractivity contribution in [1.82, 2.24) is 0 Å². The van der Waals surface area contributed by atoms with Crippen molar-refractivity contribution in [1.29, 1.82) is 0 Å². The summed E-state index contributed by atoms with van der Waals surface area (Å²) in [6, 6.07) is 7.31. The van der Waals surface area contributed by atoms with Gasteiger partial charge in [-0.15, -0.1) is 0 Å². The Labute approximate surface area is 326 Å². The molecule has 1 aromatic rings. The van der Waals surface area contributed by atoms with E-state index in [2.05, 4.69) is 5.10 Å². The van der Waals surface area contributed by atoms with Crippen molar-refractivity contribution in [3.63, 3.8) is 0 Å². The third kappa shape index (κ3) is 12.9. The summed E-state index contributed by atoms with van der Waals surface area (Å²) >= 11 is 0. The smallest absolute Gasteiger partial charge is 0.310 e. The molecule has 11 atom stereocenters. The van der Waals surface area contributed by atoms with Crippen LogP contribution in [-0.4, -0.2) is 109 Å². The van der Waals surface area contributed by atoms with E-state index in [1.807, 2.05) is 19.1 Å². The molecule has 0 spiro atoms. The second kappa shape index (κ2) is 21.3. The Morgan fingerprint density at radius 3 is 2.20 bits per heavy atom. The fourth-order valence-electron chi connectivity index (χ4n) is 7.10. The number of benzene rings is 1. The Hall–Kier alpha value is -3.27. The molecule has 14 heteroatoms. The number of methoxy groups -OCH3 is 3. The fourth-order valence-corrected chi connectivity index (χ4v) is 7.10. The minimum absolute atomic E-state index is 0.0428. The standard InChI is InChI=1S/C41H65FN2O11/c1-14-33-41(10,49)36(47)26(5)35(44-43-28(7)30-15-17-32(50-11)18-16-30)25(4)21-40(9,52-13)37(55-39(51-12)29(8)45)31(19-24(3)38(48)54-33)22-53-34(46)20-23(2)27(6)42/h15-18,24-26,29,31,33,36-37,39,45,47,49H,14,19-22H2,1-13H3. The number of ether oxygens (including phenoxy) is 6. The van der Waals surface area contributed by atoms with Gasteiger partial charge in [-0.05, 0) is 102 Å². The SMILES string of the molecule is CCC1OC(=O)C(C)CC(COC(=O)CC(C)=C(C)F)C(OC(OC)C(C)O)C(C)(OC)CC(C)C(=NN=C(C)c2ccc(OC)cc2)C(C)C(O)C1(C)O.